The van der Waals surface area contributed by atoms with Crippen LogP contribution in [0.3, 0.4) is 0 Å². The van der Waals surface area contributed by atoms with Crippen LogP contribution in [0, 0.1) is 0 Å². The quantitative estimate of drug-likeness (QED) is 0.649. The molecular formula is C12H10ClN3O. The SMILES string of the molecule is Nc1ccc(Oc2ccc(N=NCl)cc2)cc1. The fraction of sp³-hybridized carbons (Fsp3) is 0. The first-order valence-corrected chi connectivity index (χ1v) is 5.27. The van der Waals surface area contributed by atoms with E-state index in [0.29, 0.717) is 17.1 Å². The topological polar surface area (TPSA) is 60.0 Å². The van der Waals surface area contributed by atoms with Gasteiger partial charge in [-0.3, -0.25) is 0 Å². The van der Waals surface area contributed by atoms with Crippen LogP contribution < -0.4 is 10.5 Å². The summed E-state index contributed by atoms with van der Waals surface area (Å²) in [5, 5.41) is 3.68. The highest BCUT2D eigenvalue weighted by atomic mass is 35.5. The normalized spacial score (nSPS) is 10.6. The lowest BCUT2D eigenvalue weighted by Gasteiger charge is -2.05. The molecule has 0 aliphatic rings. The summed E-state index contributed by atoms with van der Waals surface area (Å²) in [5.41, 5.74) is 6.96. The second-order valence-electron chi connectivity index (χ2n) is 3.34. The average molecular weight is 248 g/mol. The van der Waals surface area contributed by atoms with Crippen LogP contribution >= 0.6 is 11.8 Å². The number of nitrogens with zero attached hydrogens (tertiary/aromatic N) is 2. The molecule has 2 aromatic rings. The van der Waals surface area contributed by atoms with Crippen molar-refractivity contribution in [3.05, 3.63) is 48.5 Å². The van der Waals surface area contributed by atoms with E-state index in [9.17, 15) is 0 Å². The number of anilines is 1. The maximum atomic E-state index is 5.61. The highest BCUT2D eigenvalue weighted by molar-refractivity contribution is 6.14. The van der Waals surface area contributed by atoms with Crippen molar-refractivity contribution in [3.63, 3.8) is 0 Å². The Morgan fingerprint density at radius 3 is 1.94 bits per heavy atom. The van der Waals surface area contributed by atoms with Crippen molar-refractivity contribution in [3.8, 4) is 11.5 Å². The predicted molar refractivity (Wildman–Crippen MR) is 67.7 cm³/mol. The summed E-state index contributed by atoms with van der Waals surface area (Å²) in [6.07, 6.45) is 0. The third kappa shape index (κ3) is 3.19. The lowest BCUT2D eigenvalue weighted by Crippen LogP contribution is -1.86. The zero-order chi connectivity index (χ0) is 12.1. The molecule has 0 aromatic heterocycles. The second-order valence-corrected chi connectivity index (χ2v) is 3.49. The van der Waals surface area contributed by atoms with Gasteiger partial charge in [0.1, 0.15) is 11.5 Å². The molecule has 0 saturated heterocycles. The summed E-state index contributed by atoms with van der Waals surface area (Å²) < 4.78 is 8.78. The molecule has 86 valence electrons. The fourth-order valence-corrected chi connectivity index (χ4v) is 1.38. The summed E-state index contributed by atoms with van der Waals surface area (Å²) in [7, 11) is 0. The molecule has 0 saturated carbocycles. The van der Waals surface area contributed by atoms with Gasteiger partial charge in [0.05, 0.1) is 17.5 Å². The van der Waals surface area contributed by atoms with Crippen LogP contribution in [0.2, 0.25) is 0 Å². The Morgan fingerprint density at radius 2 is 1.41 bits per heavy atom. The van der Waals surface area contributed by atoms with E-state index in [1.165, 1.54) is 0 Å². The number of ether oxygens (including phenoxy) is 1. The third-order valence-electron chi connectivity index (χ3n) is 2.11. The van der Waals surface area contributed by atoms with E-state index in [1.54, 1.807) is 36.4 Å². The molecule has 2 N–H and O–H groups in total. The van der Waals surface area contributed by atoms with Crippen molar-refractivity contribution < 1.29 is 4.74 Å². The van der Waals surface area contributed by atoms with Gasteiger partial charge in [-0.25, -0.2) is 0 Å². The Balaban J connectivity index is 2.11. The van der Waals surface area contributed by atoms with E-state index in [2.05, 4.69) is 9.75 Å². The first-order chi connectivity index (χ1) is 8.28. The van der Waals surface area contributed by atoms with Gasteiger partial charge in [-0.1, -0.05) is 4.63 Å². The fourth-order valence-electron chi connectivity index (χ4n) is 1.30. The zero-order valence-electron chi connectivity index (χ0n) is 8.88. The number of halogens is 1. The number of hydrogen-bond acceptors (Lipinski definition) is 4. The summed E-state index contributed by atoms with van der Waals surface area (Å²) in [5.74, 6) is 1.44. The van der Waals surface area contributed by atoms with Gasteiger partial charge in [-0.15, -0.1) is 5.11 Å². The molecule has 5 heteroatoms. The smallest absolute Gasteiger partial charge is 0.127 e. The van der Waals surface area contributed by atoms with Crippen molar-refractivity contribution in [2.45, 2.75) is 0 Å². The minimum atomic E-state index is 0.671. The van der Waals surface area contributed by atoms with Gasteiger partial charge in [0.2, 0.25) is 0 Å². The van der Waals surface area contributed by atoms with Gasteiger partial charge in [0, 0.05) is 5.69 Å². The van der Waals surface area contributed by atoms with Crippen LogP contribution in [0.5, 0.6) is 11.5 Å². The van der Waals surface area contributed by atoms with Crippen molar-refractivity contribution >= 4 is 23.2 Å². The third-order valence-corrected chi connectivity index (χ3v) is 2.18. The molecule has 0 aliphatic heterocycles. The van der Waals surface area contributed by atoms with Gasteiger partial charge in [0.15, 0.2) is 0 Å². The molecule has 0 unspecified atom stereocenters. The molecule has 0 atom stereocenters. The van der Waals surface area contributed by atoms with E-state index >= 15 is 0 Å². The second kappa shape index (κ2) is 5.32. The maximum absolute atomic E-state index is 5.61. The maximum Gasteiger partial charge on any atom is 0.127 e. The van der Waals surface area contributed by atoms with Crippen molar-refractivity contribution in [2.24, 2.45) is 9.75 Å². The van der Waals surface area contributed by atoms with Crippen molar-refractivity contribution in [1.29, 1.82) is 0 Å². The minimum Gasteiger partial charge on any atom is -0.457 e. The van der Waals surface area contributed by atoms with Gasteiger partial charge < -0.3 is 10.5 Å². The summed E-state index contributed by atoms with van der Waals surface area (Å²) >= 11 is 5.14. The predicted octanol–water partition coefficient (Wildman–Crippen LogP) is 4.30. The highest BCUT2D eigenvalue weighted by Crippen LogP contribution is 2.24. The van der Waals surface area contributed by atoms with E-state index in [-0.39, 0.29) is 0 Å². The van der Waals surface area contributed by atoms with Crippen LogP contribution in [0.15, 0.2) is 58.3 Å². The van der Waals surface area contributed by atoms with Gasteiger partial charge in [-0.05, 0) is 48.5 Å². The molecule has 0 fully saturated rings. The van der Waals surface area contributed by atoms with Crippen LogP contribution in [-0.4, -0.2) is 0 Å². The molecule has 2 aromatic carbocycles. The van der Waals surface area contributed by atoms with Gasteiger partial charge >= 0.3 is 0 Å². The van der Waals surface area contributed by atoms with Crippen LogP contribution in [0.25, 0.3) is 0 Å². The lowest BCUT2D eigenvalue weighted by molar-refractivity contribution is 0.483. The van der Waals surface area contributed by atoms with Crippen LogP contribution in [-0.2, 0) is 0 Å². The first-order valence-electron chi connectivity index (χ1n) is 4.93. The molecule has 17 heavy (non-hydrogen) atoms. The number of benzene rings is 2. The summed E-state index contributed by atoms with van der Waals surface area (Å²) in [4.78, 5) is 0. The highest BCUT2D eigenvalue weighted by Gasteiger charge is 1.97. The zero-order valence-corrected chi connectivity index (χ0v) is 9.63. The Morgan fingerprint density at radius 1 is 0.882 bits per heavy atom. The number of rotatable bonds is 3. The number of hydrogen-bond donors (Lipinski definition) is 1. The summed E-state index contributed by atoms with van der Waals surface area (Å²) in [6, 6.07) is 14.3. The molecule has 4 nitrogen and oxygen atoms in total. The molecular weight excluding hydrogens is 238 g/mol. The molecule has 2 rings (SSSR count). The monoisotopic (exact) mass is 247 g/mol. The van der Waals surface area contributed by atoms with Gasteiger partial charge in [0.25, 0.3) is 0 Å². The Bertz CT molecular complexity index is 508. The van der Waals surface area contributed by atoms with Crippen molar-refractivity contribution in [1.82, 2.24) is 0 Å². The Hall–Kier alpha value is -2.07. The average Bonchev–Trinajstić information content (AvgIpc) is 2.35. The standard InChI is InChI=1S/C12H10ClN3O/c13-16-15-10-3-7-12(8-4-10)17-11-5-1-9(14)2-6-11/h1-8H,14H2. The molecule has 0 heterocycles. The summed E-state index contributed by atoms with van der Waals surface area (Å²) in [6.45, 7) is 0. The number of nitrogens with two attached hydrogens (primary N) is 1. The van der Waals surface area contributed by atoms with E-state index in [4.69, 9.17) is 22.2 Å². The Kier molecular flexibility index (Phi) is 3.57. The molecule has 0 radical (unpaired) electrons. The van der Waals surface area contributed by atoms with Crippen LogP contribution in [0.4, 0.5) is 11.4 Å². The van der Waals surface area contributed by atoms with E-state index in [1.807, 2.05) is 12.1 Å². The molecule has 0 bridgehead atoms. The van der Waals surface area contributed by atoms with Gasteiger partial charge in [-0.2, -0.15) is 0 Å². The minimum absolute atomic E-state index is 0.671. The first kappa shape index (κ1) is 11.4. The Labute approximate surface area is 104 Å². The van der Waals surface area contributed by atoms with E-state index < -0.39 is 0 Å². The molecule has 0 amide bonds. The lowest BCUT2D eigenvalue weighted by atomic mass is 10.3. The van der Waals surface area contributed by atoms with Crippen molar-refractivity contribution in [2.75, 3.05) is 5.73 Å². The van der Waals surface area contributed by atoms with E-state index in [0.717, 1.165) is 5.75 Å². The van der Waals surface area contributed by atoms with Crippen LogP contribution in [0.1, 0.15) is 0 Å². The number of nitrogen functional groups attached to an aromatic ring is 1. The molecule has 0 spiro atoms. The largest absolute Gasteiger partial charge is 0.457 e. The molecule has 0 aliphatic carbocycles.